The molecule has 3 nitrogen and oxygen atoms in total. The second kappa shape index (κ2) is 4.44. The fourth-order valence-electron chi connectivity index (χ4n) is 1.52. The summed E-state index contributed by atoms with van der Waals surface area (Å²) in [5.41, 5.74) is -1.07. The van der Waals surface area contributed by atoms with Gasteiger partial charge in [0, 0.05) is 0 Å². The zero-order valence-corrected chi connectivity index (χ0v) is 10.5. The van der Waals surface area contributed by atoms with E-state index in [1.807, 2.05) is 0 Å². The molecule has 0 N–H and O–H groups in total. The van der Waals surface area contributed by atoms with Crippen molar-refractivity contribution >= 4 is 23.2 Å². The van der Waals surface area contributed by atoms with Gasteiger partial charge in [-0.25, -0.2) is 9.97 Å². The van der Waals surface area contributed by atoms with Crippen molar-refractivity contribution < 1.29 is 13.2 Å². The molecule has 0 spiro atoms. The summed E-state index contributed by atoms with van der Waals surface area (Å²) in [7, 11) is 0. The van der Waals surface area contributed by atoms with E-state index in [9.17, 15) is 13.2 Å². The Bertz CT molecular complexity index is 593. The number of hydrogen-bond donors (Lipinski definition) is 0. The van der Waals surface area contributed by atoms with E-state index in [0.717, 1.165) is 10.9 Å². The first-order chi connectivity index (χ1) is 8.30. The maximum absolute atomic E-state index is 12.9. The van der Waals surface area contributed by atoms with Crippen molar-refractivity contribution in [3.63, 3.8) is 0 Å². The maximum atomic E-state index is 12.9. The van der Waals surface area contributed by atoms with Gasteiger partial charge in [0.2, 0.25) is 0 Å². The molecule has 0 aliphatic heterocycles. The molecule has 0 amide bonds. The molecule has 0 aromatic carbocycles. The highest BCUT2D eigenvalue weighted by atomic mass is 35.5. The Morgan fingerprint density at radius 2 is 1.89 bits per heavy atom. The summed E-state index contributed by atoms with van der Waals surface area (Å²) in [4.78, 5) is 7.42. The largest absolute Gasteiger partial charge is 0.433 e. The summed E-state index contributed by atoms with van der Waals surface area (Å²) < 4.78 is 39.5. The number of pyridine rings is 1. The predicted octanol–water partition coefficient (Wildman–Crippen LogP) is 3.90. The molecule has 0 radical (unpaired) electrons. The van der Waals surface area contributed by atoms with Gasteiger partial charge < -0.3 is 0 Å². The molecule has 2 heterocycles. The van der Waals surface area contributed by atoms with E-state index in [-0.39, 0.29) is 21.7 Å². The number of nitrogens with zero attached hydrogens (tertiary/aromatic N) is 3. The predicted molar refractivity (Wildman–Crippen MR) is 61.1 cm³/mol. The average Bonchev–Trinajstić information content (AvgIpc) is 2.63. The van der Waals surface area contributed by atoms with Gasteiger partial charge in [0.15, 0.2) is 11.5 Å². The van der Waals surface area contributed by atoms with Gasteiger partial charge in [-0.15, -0.1) is 0 Å². The summed E-state index contributed by atoms with van der Waals surface area (Å²) in [5.74, 6) is -0.0999. The van der Waals surface area contributed by atoms with Gasteiger partial charge in [-0.3, -0.25) is 4.57 Å². The summed E-state index contributed by atoms with van der Waals surface area (Å²) in [6, 6.07) is 2.77. The lowest BCUT2D eigenvalue weighted by molar-refractivity contribution is -0.142. The van der Waals surface area contributed by atoms with Crippen LogP contribution in [0.5, 0.6) is 0 Å². The highest BCUT2D eigenvalue weighted by Gasteiger charge is 2.38. The van der Waals surface area contributed by atoms with Crippen molar-refractivity contribution in [1.29, 1.82) is 0 Å². The summed E-state index contributed by atoms with van der Waals surface area (Å²) in [5, 5.41) is 0.108. The minimum Gasteiger partial charge on any atom is -0.277 e. The van der Waals surface area contributed by atoms with E-state index in [0.29, 0.717) is 0 Å². The molecule has 2 rings (SSSR count). The van der Waals surface area contributed by atoms with E-state index >= 15 is 0 Å². The summed E-state index contributed by atoms with van der Waals surface area (Å²) in [6.07, 6.45) is -3.53. The number of hydrogen-bond acceptors (Lipinski definition) is 2. The van der Waals surface area contributed by atoms with Gasteiger partial charge in [-0.05, 0) is 19.1 Å². The van der Waals surface area contributed by atoms with E-state index < -0.39 is 11.9 Å². The van der Waals surface area contributed by atoms with Crippen molar-refractivity contribution in [2.75, 3.05) is 0 Å². The zero-order chi connectivity index (χ0) is 13.5. The Hall–Kier alpha value is -1.27. The van der Waals surface area contributed by atoms with Crippen LogP contribution >= 0.6 is 23.2 Å². The van der Waals surface area contributed by atoms with Crippen molar-refractivity contribution in [1.82, 2.24) is 14.5 Å². The monoisotopic (exact) mass is 295 g/mol. The van der Waals surface area contributed by atoms with Crippen LogP contribution in [0.2, 0.25) is 10.2 Å². The molecule has 0 atom stereocenters. The Kier molecular flexibility index (Phi) is 3.25. The first-order valence-corrected chi connectivity index (χ1v) is 5.50. The molecule has 96 valence electrons. The van der Waals surface area contributed by atoms with Crippen LogP contribution < -0.4 is 0 Å². The van der Waals surface area contributed by atoms with Gasteiger partial charge in [0.1, 0.15) is 11.5 Å². The second-order valence-electron chi connectivity index (χ2n) is 3.49. The van der Waals surface area contributed by atoms with Gasteiger partial charge in [0.05, 0.1) is 10.7 Å². The molecule has 2 aromatic heterocycles. The average molecular weight is 296 g/mol. The third kappa shape index (κ3) is 2.30. The number of imidazole rings is 1. The minimum absolute atomic E-state index is 0.0499. The molecule has 2 aromatic rings. The topological polar surface area (TPSA) is 30.7 Å². The molecule has 0 fully saturated rings. The van der Waals surface area contributed by atoms with Crippen molar-refractivity contribution in [2.24, 2.45) is 0 Å². The molecule has 0 saturated carbocycles. The fraction of sp³-hybridized carbons (Fsp3) is 0.200. The van der Waals surface area contributed by atoms with Crippen molar-refractivity contribution in [3.05, 3.63) is 40.0 Å². The van der Waals surface area contributed by atoms with Crippen LogP contribution in [0.25, 0.3) is 5.82 Å². The SMILES string of the molecule is Cc1ncn(-c2nc(Cl)ccc2Cl)c1C(F)(F)F. The number of halogens is 5. The van der Waals surface area contributed by atoms with E-state index in [4.69, 9.17) is 23.2 Å². The highest BCUT2D eigenvalue weighted by molar-refractivity contribution is 6.33. The highest BCUT2D eigenvalue weighted by Crippen LogP contribution is 2.34. The van der Waals surface area contributed by atoms with Crippen LogP contribution in [-0.2, 0) is 6.18 Å². The summed E-state index contributed by atoms with van der Waals surface area (Å²) >= 11 is 11.5. The first-order valence-electron chi connectivity index (χ1n) is 4.74. The van der Waals surface area contributed by atoms with Crippen molar-refractivity contribution in [3.8, 4) is 5.82 Å². The van der Waals surface area contributed by atoms with Crippen LogP contribution in [-0.4, -0.2) is 14.5 Å². The van der Waals surface area contributed by atoms with Gasteiger partial charge >= 0.3 is 6.18 Å². The molecule has 18 heavy (non-hydrogen) atoms. The van der Waals surface area contributed by atoms with E-state index in [2.05, 4.69) is 9.97 Å². The normalized spacial score (nSPS) is 11.9. The molecule has 0 aliphatic carbocycles. The molecule has 0 bridgehead atoms. The van der Waals surface area contributed by atoms with E-state index in [1.54, 1.807) is 0 Å². The van der Waals surface area contributed by atoms with Gasteiger partial charge in [-0.2, -0.15) is 13.2 Å². The number of aryl methyl sites for hydroxylation is 1. The molecule has 0 aliphatic rings. The first kappa shape index (κ1) is 13.2. The molecule has 0 saturated heterocycles. The zero-order valence-electron chi connectivity index (χ0n) is 8.96. The lowest BCUT2D eigenvalue weighted by atomic mass is 10.3. The Labute approximate surface area is 110 Å². The summed E-state index contributed by atoms with van der Waals surface area (Å²) in [6.45, 7) is 1.26. The molecular formula is C10H6Cl2F3N3. The molecule has 0 unspecified atom stereocenters. The number of rotatable bonds is 1. The van der Waals surface area contributed by atoms with Crippen LogP contribution in [0.3, 0.4) is 0 Å². The number of aromatic nitrogens is 3. The Balaban J connectivity index is 2.69. The van der Waals surface area contributed by atoms with Crippen LogP contribution in [0.1, 0.15) is 11.4 Å². The lowest BCUT2D eigenvalue weighted by Gasteiger charge is -2.12. The molecular weight excluding hydrogens is 290 g/mol. The van der Waals surface area contributed by atoms with E-state index in [1.165, 1.54) is 19.1 Å². The Morgan fingerprint density at radius 3 is 2.50 bits per heavy atom. The van der Waals surface area contributed by atoms with Crippen LogP contribution in [0.4, 0.5) is 13.2 Å². The fourth-order valence-corrected chi connectivity index (χ4v) is 1.86. The molecule has 8 heteroatoms. The smallest absolute Gasteiger partial charge is 0.277 e. The van der Waals surface area contributed by atoms with Gasteiger partial charge in [-0.1, -0.05) is 23.2 Å². The number of alkyl halides is 3. The van der Waals surface area contributed by atoms with Crippen LogP contribution in [0.15, 0.2) is 18.5 Å². The minimum atomic E-state index is -4.55. The van der Waals surface area contributed by atoms with Gasteiger partial charge in [0.25, 0.3) is 0 Å². The van der Waals surface area contributed by atoms with Crippen molar-refractivity contribution in [2.45, 2.75) is 13.1 Å². The quantitative estimate of drug-likeness (QED) is 0.747. The second-order valence-corrected chi connectivity index (χ2v) is 4.28. The Morgan fingerprint density at radius 1 is 1.22 bits per heavy atom. The third-order valence-corrected chi connectivity index (χ3v) is 2.75. The standard InChI is InChI=1S/C10H6Cl2F3N3/c1-5-8(10(13,14)15)18(4-16-5)9-6(11)2-3-7(12)17-9/h2-4H,1H3. The maximum Gasteiger partial charge on any atom is 0.433 e. The van der Waals surface area contributed by atoms with Crippen LogP contribution in [0, 0.1) is 6.92 Å². The lowest BCUT2D eigenvalue weighted by Crippen LogP contribution is -2.14. The third-order valence-electron chi connectivity index (χ3n) is 2.24.